The molecule has 5 rings (SSSR count). The van der Waals surface area contributed by atoms with Gasteiger partial charge < -0.3 is 9.80 Å². The molecule has 0 spiro atoms. The van der Waals surface area contributed by atoms with Crippen LogP contribution in [0, 0.1) is 0 Å². The van der Waals surface area contributed by atoms with Crippen LogP contribution in [0.2, 0.25) is 0 Å². The van der Waals surface area contributed by atoms with Gasteiger partial charge in [-0.15, -0.1) is 11.3 Å². The first-order chi connectivity index (χ1) is 15.1. The van der Waals surface area contributed by atoms with E-state index in [1.165, 1.54) is 16.9 Å². The van der Waals surface area contributed by atoms with Crippen LogP contribution in [0.5, 0.6) is 0 Å². The first-order valence-electron chi connectivity index (χ1n) is 10.9. The molecule has 0 N–H and O–H groups in total. The van der Waals surface area contributed by atoms with Gasteiger partial charge in [0, 0.05) is 44.2 Å². The largest absolute Gasteiger partial charge is 0.339 e. The monoisotopic (exact) mass is 434 g/mol. The second-order valence-corrected chi connectivity index (χ2v) is 9.31. The second kappa shape index (κ2) is 8.30. The number of benzene rings is 1. The minimum atomic E-state index is 0.0201. The molecular weight excluding hydrogens is 408 g/mol. The number of carbonyl (C=O) groups is 1. The van der Waals surface area contributed by atoms with Gasteiger partial charge in [0.1, 0.15) is 4.83 Å². The molecular formula is C24H26N4O2S. The molecule has 7 heteroatoms. The molecule has 1 amide bonds. The minimum Gasteiger partial charge on any atom is -0.339 e. The highest BCUT2D eigenvalue weighted by molar-refractivity contribution is 7.18. The third-order valence-corrected chi connectivity index (χ3v) is 7.45. The Hall–Kier alpha value is -2.93. The predicted molar refractivity (Wildman–Crippen MR) is 126 cm³/mol. The van der Waals surface area contributed by atoms with E-state index in [9.17, 15) is 9.59 Å². The molecule has 0 radical (unpaired) electrons. The van der Waals surface area contributed by atoms with Gasteiger partial charge in [0.15, 0.2) is 0 Å². The fourth-order valence-electron chi connectivity index (χ4n) is 4.52. The molecule has 1 aromatic carbocycles. The van der Waals surface area contributed by atoms with Gasteiger partial charge in [-0.25, -0.2) is 4.98 Å². The van der Waals surface area contributed by atoms with Gasteiger partial charge in [0.2, 0.25) is 11.9 Å². The number of fused-ring (bicyclic) bond motifs is 3. The van der Waals surface area contributed by atoms with Gasteiger partial charge in [-0.05, 0) is 42.9 Å². The number of anilines is 1. The van der Waals surface area contributed by atoms with Crippen molar-refractivity contribution in [3.05, 3.63) is 62.8 Å². The van der Waals surface area contributed by atoms with Gasteiger partial charge >= 0.3 is 0 Å². The zero-order valence-electron chi connectivity index (χ0n) is 17.7. The topological polar surface area (TPSA) is 58.4 Å². The summed E-state index contributed by atoms with van der Waals surface area (Å²) in [5.74, 6) is 0.731. The molecule has 6 nitrogen and oxygen atoms in total. The highest BCUT2D eigenvalue weighted by atomic mass is 32.1. The fraction of sp³-hybridized carbons (Fsp3) is 0.375. The first kappa shape index (κ1) is 20.0. The molecule has 2 aromatic heterocycles. The maximum Gasteiger partial charge on any atom is 0.263 e. The summed E-state index contributed by atoms with van der Waals surface area (Å²) < 4.78 is 1.69. The Bertz CT molecular complexity index is 1200. The number of hydrogen-bond acceptors (Lipinski definition) is 5. The third kappa shape index (κ3) is 3.78. The number of aromatic nitrogens is 2. The molecule has 0 atom stereocenters. The SMILES string of the molecule is Cn1c(N2CCN(C(=O)C=Cc3ccccc3)CC2)nc2sc3c(c2c1=O)CCCC3. The van der Waals surface area contributed by atoms with Crippen LogP contribution in [0.25, 0.3) is 16.3 Å². The lowest BCUT2D eigenvalue weighted by atomic mass is 9.97. The minimum absolute atomic E-state index is 0.0201. The van der Waals surface area contributed by atoms with Crippen molar-refractivity contribution in [2.75, 3.05) is 31.1 Å². The van der Waals surface area contributed by atoms with Crippen LogP contribution >= 0.6 is 11.3 Å². The van der Waals surface area contributed by atoms with Gasteiger partial charge in [-0.3, -0.25) is 14.2 Å². The van der Waals surface area contributed by atoms with Crippen LogP contribution in [0.4, 0.5) is 5.95 Å². The maximum absolute atomic E-state index is 13.1. The Balaban J connectivity index is 1.32. The summed E-state index contributed by atoms with van der Waals surface area (Å²) >= 11 is 1.69. The highest BCUT2D eigenvalue weighted by Gasteiger charge is 2.25. The van der Waals surface area contributed by atoms with Gasteiger partial charge in [-0.2, -0.15) is 0 Å². The number of amides is 1. The van der Waals surface area contributed by atoms with Crippen LogP contribution in [0.1, 0.15) is 28.8 Å². The van der Waals surface area contributed by atoms with E-state index in [1.54, 1.807) is 22.0 Å². The number of thiophene rings is 1. The molecule has 2 aliphatic rings. The lowest BCUT2D eigenvalue weighted by Gasteiger charge is -2.35. The predicted octanol–water partition coefficient (Wildman–Crippen LogP) is 3.24. The number of aryl methyl sites for hydroxylation is 2. The summed E-state index contributed by atoms with van der Waals surface area (Å²) in [5.41, 5.74) is 2.30. The number of rotatable bonds is 3. The first-order valence-corrected chi connectivity index (χ1v) is 11.7. The van der Waals surface area contributed by atoms with Crippen molar-refractivity contribution in [3.63, 3.8) is 0 Å². The van der Waals surface area contributed by atoms with Crippen molar-refractivity contribution >= 4 is 39.5 Å². The number of nitrogens with zero attached hydrogens (tertiary/aromatic N) is 4. The Morgan fingerprint density at radius 1 is 1.06 bits per heavy atom. The summed E-state index contributed by atoms with van der Waals surface area (Å²) in [7, 11) is 1.82. The van der Waals surface area contributed by atoms with Crippen LogP contribution in [-0.4, -0.2) is 46.5 Å². The summed E-state index contributed by atoms with van der Waals surface area (Å²) in [4.78, 5) is 36.8. The van der Waals surface area contributed by atoms with E-state index in [4.69, 9.17) is 4.98 Å². The van der Waals surface area contributed by atoms with Crippen molar-refractivity contribution in [1.82, 2.24) is 14.5 Å². The molecule has 3 aromatic rings. The maximum atomic E-state index is 13.1. The van der Waals surface area contributed by atoms with Gasteiger partial charge in [0.05, 0.1) is 5.39 Å². The van der Waals surface area contributed by atoms with Crippen LogP contribution < -0.4 is 10.5 Å². The Morgan fingerprint density at radius 3 is 2.58 bits per heavy atom. The lowest BCUT2D eigenvalue weighted by molar-refractivity contribution is -0.126. The average molecular weight is 435 g/mol. The van der Waals surface area contributed by atoms with Crippen molar-refractivity contribution < 1.29 is 4.79 Å². The van der Waals surface area contributed by atoms with Crippen LogP contribution in [-0.2, 0) is 24.7 Å². The van der Waals surface area contributed by atoms with E-state index >= 15 is 0 Å². The van der Waals surface area contributed by atoms with Crippen molar-refractivity contribution in [2.24, 2.45) is 7.05 Å². The zero-order valence-corrected chi connectivity index (χ0v) is 18.5. The molecule has 31 heavy (non-hydrogen) atoms. The molecule has 1 aliphatic heterocycles. The molecule has 3 heterocycles. The van der Waals surface area contributed by atoms with E-state index in [0.29, 0.717) is 32.1 Å². The molecule has 1 saturated heterocycles. The van der Waals surface area contributed by atoms with E-state index in [-0.39, 0.29) is 11.5 Å². The molecule has 0 saturated carbocycles. The van der Waals surface area contributed by atoms with Crippen molar-refractivity contribution in [1.29, 1.82) is 0 Å². The normalized spacial score (nSPS) is 16.8. The van der Waals surface area contributed by atoms with Gasteiger partial charge in [0.25, 0.3) is 5.56 Å². The molecule has 1 fully saturated rings. The molecule has 1 aliphatic carbocycles. The Labute approximate surface area is 185 Å². The summed E-state index contributed by atoms with van der Waals surface area (Å²) in [6, 6.07) is 9.84. The van der Waals surface area contributed by atoms with E-state index in [1.807, 2.05) is 48.4 Å². The number of carbonyl (C=O) groups excluding carboxylic acids is 1. The zero-order chi connectivity index (χ0) is 21.4. The quantitative estimate of drug-likeness (QED) is 0.594. The Kier molecular flexibility index (Phi) is 5.36. The molecule has 160 valence electrons. The second-order valence-electron chi connectivity index (χ2n) is 8.22. The summed E-state index contributed by atoms with van der Waals surface area (Å²) in [6.07, 6.45) is 7.89. The Morgan fingerprint density at radius 2 is 1.81 bits per heavy atom. The van der Waals surface area contributed by atoms with Crippen LogP contribution in [0.3, 0.4) is 0 Å². The number of piperazine rings is 1. The van der Waals surface area contributed by atoms with Crippen molar-refractivity contribution in [3.8, 4) is 0 Å². The van der Waals surface area contributed by atoms with E-state index < -0.39 is 0 Å². The number of hydrogen-bond donors (Lipinski definition) is 0. The van der Waals surface area contributed by atoms with E-state index in [2.05, 4.69) is 4.90 Å². The van der Waals surface area contributed by atoms with Crippen LogP contribution in [0.15, 0.2) is 41.2 Å². The molecule has 0 bridgehead atoms. The third-order valence-electron chi connectivity index (χ3n) is 6.26. The highest BCUT2D eigenvalue weighted by Crippen LogP contribution is 2.34. The fourth-order valence-corrected chi connectivity index (χ4v) is 5.77. The summed E-state index contributed by atoms with van der Waals surface area (Å²) in [6.45, 7) is 2.57. The average Bonchev–Trinajstić information content (AvgIpc) is 3.19. The standard InChI is InChI=1S/C24H26N4O2S/c1-26-23(30)21-18-9-5-6-10-19(18)31-22(21)25-24(26)28-15-13-27(14-16-28)20(29)12-11-17-7-3-2-4-8-17/h2-4,7-8,11-12H,5-6,9-10,13-16H2,1H3. The van der Waals surface area contributed by atoms with Crippen molar-refractivity contribution in [2.45, 2.75) is 25.7 Å². The van der Waals surface area contributed by atoms with E-state index in [0.717, 1.165) is 35.0 Å². The molecule has 0 unspecified atom stereocenters. The van der Waals surface area contributed by atoms with Gasteiger partial charge in [-0.1, -0.05) is 30.3 Å². The lowest BCUT2D eigenvalue weighted by Crippen LogP contribution is -2.49. The summed E-state index contributed by atoms with van der Waals surface area (Å²) in [5, 5.41) is 0.825. The smallest absolute Gasteiger partial charge is 0.263 e.